The SMILES string of the molecule is CN(C)C(=O)C1CCCN(c2ccccc2S(=O)(=O)C(F)F)C1. The predicted octanol–water partition coefficient (Wildman–Crippen LogP) is 1.99. The van der Waals surface area contributed by atoms with Gasteiger partial charge >= 0.3 is 5.76 Å². The number of rotatable bonds is 4. The highest BCUT2D eigenvalue weighted by Gasteiger charge is 2.33. The molecule has 1 aromatic rings. The van der Waals surface area contributed by atoms with Gasteiger partial charge in [0.2, 0.25) is 15.7 Å². The molecule has 0 aromatic heterocycles. The van der Waals surface area contributed by atoms with E-state index in [1.165, 1.54) is 23.1 Å². The van der Waals surface area contributed by atoms with Crippen LogP contribution in [0.5, 0.6) is 0 Å². The van der Waals surface area contributed by atoms with Crippen molar-refractivity contribution in [3.63, 3.8) is 0 Å². The van der Waals surface area contributed by atoms with Gasteiger partial charge in [0.1, 0.15) is 0 Å². The average molecular weight is 346 g/mol. The Labute approximate surface area is 134 Å². The molecule has 0 aliphatic carbocycles. The minimum absolute atomic E-state index is 0.0381. The molecule has 0 radical (unpaired) electrons. The summed E-state index contributed by atoms with van der Waals surface area (Å²) in [5, 5.41) is 0. The number of anilines is 1. The van der Waals surface area contributed by atoms with Crippen molar-refractivity contribution in [2.45, 2.75) is 23.5 Å². The van der Waals surface area contributed by atoms with Crippen LogP contribution in [0.3, 0.4) is 0 Å². The summed E-state index contributed by atoms with van der Waals surface area (Å²) in [6, 6.07) is 5.73. The standard InChI is InChI=1S/C15H20F2N2O3S/c1-18(2)14(20)11-6-5-9-19(10-11)12-7-3-4-8-13(12)23(21,22)15(16)17/h3-4,7-8,11,15H,5-6,9-10H2,1-2H3. The van der Waals surface area contributed by atoms with E-state index in [4.69, 9.17) is 0 Å². The maximum Gasteiger partial charge on any atom is 0.341 e. The molecule has 1 atom stereocenters. The van der Waals surface area contributed by atoms with Crippen molar-refractivity contribution >= 4 is 21.4 Å². The molecule has 1 aliphatic rings. The van der Waals surface area contributed by atoms with E-state index in [9.17, 15) is 22.0 Å². The second kappa shape index (κ2) is 6.82. The Morgan fingerprint density at radius 3 is 2.57 bits per heavy atom. The molecule has 128 valence electrons. The lowest BCUT2D eigenvalue weighted by Gasteiger charge is -2.35. The lowest BCUT2D eigenvalue weighted by atomic mass is 9.96. The van der Waals surface area contributed by atoms with Gasteiger partial charge in [0.25, 0.3) is 0 Å². The average Bonchev–Trinajstić information content (AvgIpc) is 2.54. The molecule has 1 fully saturated rings. The number of alkyl halides is 2. The zero-order chi connectivity index (χ0) is 17.2. The Morgan fingerprint density at radius 1 is 1.30 bits per heavy atom. The zero-order valence-corrected chi connectivity index (χ0v) is 13.9. The number of nitrogens with zero attached hydrogens (tertiary/aromatic N) is 2. The number of amides is 1. The first-order valence-electron chi connectivity index (χ1n) is 7.32. The first-order chi connectivity index (χ1) is 10.7. The van der Waals surface area contributed by atoms with Gasteiger partial charge in [-0.25, -0.2) is 8.42 Å². The minimum atomic E-state index is -4.68. The fraction of sp³-hybridized carbons (Fsp3) is 0.533. The van der Waals surface area contributed by atoms with Crippen LogP contribution in [-0.2, 0) is 14.6 Å². The molecular weight excluding hydrogens is 326 g/mol. The summed E-state index contributed by atoms with van der Waals surface area (Å²) < 4.78 is 49.5. The predicted molar refractivity (Wildman–Crippen MR) is 83.3 cm³/mol. The van der Waals surface area contributed by atoms with Gasteiger partial charge < -0.3 is 9.80 Å². The van der Waals surface area contributed by atoms with Crippen molar-refractivity contribution in [1.82, 2.24) is 4.90 Å². The van der Waals surface area contributed by atoms with Gasteiger partial charge in [0, 0.05) is 27.2 Å². The van der Waals surface area contributed by atoms with E-state index in [0.717, 1.165) is 0 Å². The molecule has 5 nitrogen and oxygen atoms in total. The summed E-state index contributed by atoms with van der Waals surface area (Å²) in [6.45, 7) is 0.861. The Hall–Kier alpha value is -1.70. The number of hydrogen-bond acceptors (Lipinski definition) is 4. The highest BCUT2D eigenvalue weighted by Crippen LogP contribution is 2.32. The summed E-state index contributed by atoms with van der Waals surface area (Å²) in [5.74, 6) is -3.77. The molecule has 1 aromatic carbocycles. The van der Waals surface area contributed by atoms with E-state index < -0.39 is 15.6 Å². The van der Waals surface area contributed by atoms with Crippen molar-refractivity contribution in [2.75, 3.05) is 32.1 Å². The molecule has 2 rings (SSSR count). The molecular formula is C15H20F2N2O3S. The number of para-hydroxylation sites is 1. The Morgan fingerprint density at radius 2 is 1.96 bits per heavy atom. The van der Waals surface area contributed by atoms with Crippen LogP contribution in [0.15, 0.2) is 29.2 Å². The van der Waals surface area contributed by atoms with E-state index in [0.29, 0.717) is 25.9 Å². The second-order valence-electron chi connectivity index (χ2n) is 5.79. The van der Waals surface area contributed by atoms with Crippen LogP contribution in [0, 0.1) is 5.92 Å². The summed E-state index contributed by atoms with van der Waals surface area (Å²) in [6.07, 6.45) is 1.41. The van der Waals surface area contributed by atoms with Crippen LogP contribution in [0.1, 0.15) is 12.8 Å². The molecule has 1 aliphatic heterocycles. The Balaban J connectivity index is 2.34. The van der Waals surface area contributed by atoms with Crippen molar-refractivity contribution < 1.29 is 22.0 Å². The fourth-order valence-corrected chi connectivity index (χ4v) is 3.77. The smallest absolute Gasteiger partial charge is 0.341 e. The molecule has 0 saturated carbocycles. The fourth-order valence-electron chi connectivity index (χ4n) is 2.82. The van der Waals surface area contributed by atoms with Crippen molar-refractivity contribution in [3.05, 3.63) is 24.3 Å². The number of sulfone groups is 1. The van der Waals surface area contributed by atoms with Gasteiger partial charge in [-0.1, -0.05) is 12.1 Å². The monoisotopic (exact) mass is 346 g/mol. The Kier molecular flexibility index (Phi) is 5.23. The van der Waals surface area contributed by atoms with Crippen LogP contribution in [0.4, 0.5) is 14.5 Å². The molecule has 0 bridgehead atoms. The maximum absolute atomic E-state index is 12.9. The second-order valence-corrected chi connectivity index (χ2v) is 7.68. The van der Waals surface area contributed by atoms with Gasteiger partial charge in [-0.2, -0.15) is 8.78 Å². The molecule has 8 heteroatoms. The number of benzene rings is 1. The molecule has 0 spiro atoms. The number of carbonyl (C=O) groups excluding carboxylic acids is 1. The molecule has 1 amide bonds. The number of halogens is 2. The van der Waals surface area contributed by atoms with E-state index in [1.807, 2.05) is 0 Å². The Bertz CT molecular complexity index is 677. The number of hydrogen-bond donors (Lipinski definition) is 0. The van der Waals surface area contributed by atoms with Gasteiger partial charge in [-0.05, 0) is 25.0 Å². The third-order valence-electron chi connectivity index (χ3n) is 3.96. The summed E-state index contributed by atoms with van der Waals surface area (Å²) in [4.78, 5) is 15.0. The van der Waals surface area contributed by atoms with Crippen LogP contribution in [-0.4, -0.2) is 52.2 Å². The van der Waals surface area contributed by atoms with E-state index in [2.05, 4.69) is 0 Å². The van der Waals surface area contributed by atoms with Crippen molar-refractivity contribution in [1.29, 1.82) is 0 Å². The largest absolute Gasteiger partial charge is 0.370 e. The normalized spacial score (nSPS) is 19.0. The van der Waals surface area contributed by atoms with E-state index in [-0.39, 0.29) is 22.4 Å². The van der Waals surface area contributed by atoms with E-state index in [1.54, 1.807) is 25.1 Å². The molecule has 0 N–H and O–H groups in total. The zero-order valence-electron chi connectivity index (χ0n) is 13.1. The third-order valence-corrected chi connectivity index (χ3v) is 5.39. The third kappa shape index (κ3) is 3.63. The van der Waals surface area contributed by atoms with Crippen LogP contribution >= 0.6 is 0 Å². The first kappa shape index (κ1) is 17.7. The molecule has 1 saturated heterocycles. The highest BCUT2D eigenvalue weighted by atomic mass is 32.2. The van der Waals surface area contributed by atoms with E-state index >= 15 is 0 Å². The minimum Gasteiger partial charge on any atom is -0.370 e. The topological polar surface area (TPSA) is 57.7 Å². The van der Waals surface area contributed by atoms with Crippen molar-refractivity contribution in [3.8, 4) is 0 Å². The molecule has 1 unspecified atom stereocenters. The van der Waals surface area contributed by atoms with Gasteiger partial charge in [-0.15, -0.1) is 0 Å². The molecule has 23 heavy (non-hydrogen) atoms. The van der Waals surface area contributed by atoms with Crippen molar-refractivity contribution in [2.24, 2.45) is 5.92 Å². The van der Waals surface area contributed by atoms with Gasteiger partial charge in [0.15, 0.2) is 0 Å². The van der Waals surface area contributed by atoms with Crippen LogP contribution < -0.4 is 4.90 Å². The lowest BCUT2D eigenvalue weighted by Crippen LogP contribution is -2.43. The summed E-state index contributed by atoms with van der Waals surface area (Å²) in [5.41, 5.74) is 0.240. The summed E-state index contributed by atoms with van der Waals surface area (Å²) in [7, 11) is -1.35. The number of carbonyl (C=O) groups is 1. The number of piperidine rings is 1. The first-order valence-corrected chi connectivity index (χ1v) is 8.87. The highest BCUT2D eigenvalue weighted by molar-refractivity contribution is 7.91. The molecule has 1 heterocycles. The summed E-state index contributed by atoms with van der Waals surface area (Å²) >= 11 is 0. The van der Waals surface area contributed by atoms with Gasteiger partial charge in [0.05, 0.1) is 16.5 Å². The van der Waals surface area contributed by atoms with Crippen LogP contribution in [0.2, 0.25) is 0 Å². The quantitative estimate of drug-likeness (QED) is 0.837. The van der Waals surface area contributed by atoms with Gasteiger partial charge in [-0.3, -0.25) is 4.79 Å². The lowest BCUT2D eigenvalue weighted by molar-refractivity contribution is -0.133. The maximum atomic E-state index is 12.9. The van der Waals surface area contributed by atoms with Crippen LogP contribution in [0.25, 0.3) is 0 Å².